The van der Waals surface area contributed by atoms with Crippen LogP contribution in [0.2, 0.25) is 18.1 Å². The summed E-state index contributed by atoms with van der Waals surface area (Å²) in [7, 11) is -2.15. The maximum Gasteiger partial charge on any atom is 0.303 e. The fourth-order valence-corrected chi connectivity index (χ4v) is 5.40. The van der Waals surface area contributed by atoms with E-state index < -0.39 is 13.9 Å². The van der Waals surface area contributed by atoms with E-state index in [9.17, 15) is 9.59 Å². The van der Waals surface area contributed by atoms with Crippen LogP contribution in [0.3, 0.4) is 0 Å². The average Bonchev–Trinajstić information content (AvgIpc) is 2.81. The summed E-state index contributed by atoms with van der Waals surface area (Å²) in [6.07, 6.45) is 16.3. The predicted octanol–water partition coefficient (Wildman–Crippen LogP) is 6.15. The zero-order valence-electron chi connectivity index (χ0n) is 19.9. The molecule has 0 amide bonds. The van der Waals surface area contributed by atoms with Crippen molar-refractivity contribution in [1.29, 1.82) is 0 Å². The zero-order chi connectivity index (χ0) is 22.6. The van der Waals surface area contributed by atoms with E-state index in [2.05, 4.69) is 59.0 Å². The minimum atomic E-state index is -2.15. The van der Waals surface area contributed by atoms with Crippen molar-refractivity contribution in [2.75, 3.05) is 0 Å². The maximum absolute atomic E-state index is 12.1. The Hall–Kier alpha value is -1.46. The molecule has 2 rings (SSSR count). The summed E-state index contributed by atoms with van der Waals surface area (Å²) >= 11 is 0. The van der Waals surface area contributed by atoms with Crippen LogP contribution in [0.25, 0.3) is 0 Å². The Morgan fingerprint density at radius 3 is 2.50 bits per heavy atom. The molecule has 0 N–H and O–H groups in total. The van der Waals surface area contributed by atoms with Gasteiger partial charge in [-0.1, -0.05) is 64.8 Å². The second-order valence-corrected chi connectivity index (χ2v) is 15.0. The van der Waals surface area contributed by atoms with Crippen molar-refractivity contribution in [3.05, 3.63) is 36.0 Å². The average molecular weight is 433 g/mol. The van der Waals surface area contributed by atoms with E-state index in [4.69, 9.17) is 9.16 Å². The van der Waals surface area contributed by atoms with Gasteiger partial charge in [0.25, 0.3) is 0 Å². The first-order chi connectivity index (χ1) is 14.0. The molecule has 0 aliphatic heterocycles. The molecule has 2 aliphatic rings. The van der Waals surface area contributed by atoms with Crippen LogP contribution in [0.1, 0.15) is 66.7 Å². The van der Waals surface area contributed by atoms with E-state index in [0.29, 0.717) is 6.42 Å². The van der Waals surface area contributed by atoms with Crippen LogP contribution in [0.4, 0.5) is 0 Å². The van der Waals surface area contributed by atoms with Gasteiger partial charge in [0.2, 0.25) is 0 Å². The molecule has 4 nitrogen and oxygen atoms in total. The van der Waals surface area contributed by atoms with Crippen LogP contribution in [-0.2, 0) is 18.8 Å². The van der Waals surface area contributed by atoms with Gasteiger partial charge in [0.1, 0.15) is 6.29 Å². The highest BCUT2D eigenvalue weighted by Crippen LogP contribution is 2.51. The number of aldehydes is 1. The lowest BCUT2D eigenvalue weighted by Gasteiger charge is -2.47. The number of unbranched alkanes of at least 4 members (excludes halogenated alkanes) is 3. The van der Waals surface area contributed by atoms with Crippen LogP contribution in [0.5, 0.6) is 0 Å². The van der Waals surface area contributed by atoms with Crippen molar-refractivity contribution in [3.8, 4) is 0 Å². The third-order valence-electron chi connectivity index (χ3n) is 6.85. The Balaban J connectivity index is 2.36. The normalized spacial score (nSPS) is 28.6. The first-order valence-electron chi connectivity index (χ1n) is 11.4. The van der Waals surface area contributed by atoms with Gasteiger partial charge < -0.3 is 14.0 Å². The summed E-state index contributed by atoms with van der Waals surface area (Å²) < 4.78 is 12.8. The number of rotatable bonds is 10. The summed E-state index contributed by atoms with van der Waals surface area (Å²) in [6.45, 7) is 14.7. The highest BCUT2D eigenvalue weighted by atomic mass is 28.4. The van der Waals surface area contributed by atoms with Gasteiger partial charge in [-0.05, 0) is 49.0 Å². The van der Waals surface area contributed by atoms with Gasteiger partial charge in [0.15, 0.2) is 13.9 Å². The summed E-state index contributed by atoms with van der Waals surface area (Å²) in [4.78, 5) is 23.9. The molecular formula is C25H40O4Si. The predicted molar refractivity (Wildman–Crippen MR) is 125 cm³/mol. The second-order valence-electron chi connectivity index (χ2n) is 10.2. The molecule has 0 aromatic rings. The second kappa shape index (κ2) is 9.78. The highest BCUT2D eigenvalue weighted by Gasteiger charge is 2.58. The minimum absolute atomic E-state index is 0.0149. The molecule has 0 spiro atoms. The molecule has 0 heterocycles. The maximum atomic E-state index is 12.1. The molecule has 2 bridgehead atoms. The number of fused-ring (bicyclic) bond motifs is 2. The van der Waals surface area contributed by atoms with Crippen molar-refractivity contribution in [3.63, 3.8) is 0 Å². The summed E-state index contributed by atoms with van der Waals surface area (Å²) in [5, 5.41) is 0.0149. The SMILES string of the molecule is CCCCC/C=C\CC1=C[C@H]2C(O[Si](C)(C)C(C)(C)C)[C@]1(OC(C)=O)C=C[C@H]2C=O. The number of ether oxygens (including phenoxy) is 1. The largest absolute Gasteiger partial charge is 0.448 e. The Kier molecular flexibility index (Phi) is 8.08. The van der Waals surface area contributed by atoms with Gasteiger partial charge in [0.05, 0.1) is 6.10 Å². The molecule has 2 aliphatic carbocycles. The van der Waals surface area contributed by atoms with Gasteiger partial charge in [-0.2, -0.15) is 0 Å². The van der Waals surface area contributed by atoms with Gasteiger partial charge >= 0.3 is 5.97 Å². The lowest BCUT2D eigenvalue weighted by atomic mass is 9.78. The number of allylic oxidation sites excluding steroid dienone is 3. The first kappa shape index (κ1) is 24.8. The number of carbonyl (C=O) groups is 2. The molecule has 5 heteroatoms. The van der Waals surface area contributed by atoms with E-state index in [1.54, 1.807) is 0 Å². The molecular weight excluding hydrogens is 392 g/mol. The van der Waals surface area contributed by atoms with Crippen LogP contribution >= 0.6 is 0 Å². The molecule has 0 aromatic heterocycles. The molecule has 0 saturated carbocycles. The van der Waals surface area contributed by atoms with Crippen molar-refractivity contribution in [1.82, 2.24) is 0 Å². The molecule has 30 heavy (non-hydrogen) atoms. The Morgan fingerprint density at radius 2 is 1.93 bits per heavy atom. The lowest BCUT2D eigenvalue weighted by Crippen LogP contribution is -2.56. The van der Waals surface area contributed by atoms with Gasteiger partial charge in [-0.15, -0.1) is 0 Å². The third kappa shape index (κ3) is 5.23. The zero-order valence-corrected chi connectivity index (χ0v) is 20.9. The van der Waals surface area contributed by atoms with Crippen molar-refractivity contribution in [2.45, 2.75) is 96.6 Å². The van der Waals surface area contributed by atoms with Gasteiger partial charge in [-0.25, -0.2) is 0 Å². The molecule has 4 atom stereocenters. The molecule has 1 unspecified atom stereocenters. The van der Waals surface area contributed by atoms with Crippen molar-refractivity contribution < 1.29 is 18.8 Å². The van der Waals surface area contributed by atoms with E-state index in [0.717, 1.165) is 18.3 Å². The molecule has 0 saturated heterocycles. The van der Waals surface area contributed by atoms with E-state index in [-0.39, 0.29) is 28.9 Å². The van der Waals surface area contributed by atoms with Crippen molar-refractivity contribution in [2.24, 2.45) is 11.8 Å². The van der Waals surface area contributed by atoms with E-state index >= 15 is 0 Å². The molecule has 0 aromatic carbocycles. The fourth-order valence-electron chi connectivity index (χ4n) is 4.08. The Bertz CT molecular complexity index is 713. The minimum Gasteiger partial charge on any atom is -0.448 e. The molecule has 168 valence electrons. The number of esters is 1. The standard InChI is InChI=1S/C25H40O4Si/c1-8-9-10-11-12-13-14-21-17-22-20(18-26)15-16-25(21,28-19(2)27)23(22)29-30(6,7)24(3,4)5/h12-13,15-18,20,22-23H,8-11,14H2,1-7H3/b13-12-/t20-,22+,23?,25-/m0/s1. The number of hydrogen-bond donors (Lipinski definition) is 0. The summed E-state index contributed by atoms with van der Waals surface area (Å²) in [5.74, 6) is -0.689. The Morgan fingerprint density at radius 1 is 1.23 bits per heavy atom. The van der Waals surface area contributed by atoms with Crippen LogP contribution in [0.15, 0.2) is 36.0 Å². The van der Waals surface area contributed by atoms with Gasteiger partial charge in [0, 0.05) is 18.8 Å². The van der Waals surface area contributed by atoms with E-state index in [1.807, 2.05) is 12.2 Å². The van der Waals surface area contributed by atoms with Crippen molar-refractivity contribution >= 4 is 20.6 Å². The van der Waals surface area contributed by atoms with E-state index in [1.165, 1.54) is 26.2 Å². The lowest BCUT2D eigenvalue weighted by molar-refractivity contribution is -0.158. The smallest absolute Gasteiger partial charge is 0.303 e. The van der Waals surface area contributed by atoms with Gasteiger partial charge in [-0.3, -0.25) is 4.79 Å². The summed E-state index contributed by atoms with van der Waals surface area (Å²) in [5.41, 5.74) is 0.109. The highest BCUT2D eigenvalue weighted by molar-refractivity contribution is 6.74. The first-order valence-corrected chi connectivity index (χ1v) is 14.3. The topological polar surface area (TPSA) is 52.6 Å². The molecule has 0 fully saturated rings. The van der Waals surface area contributed by atoms with Crippen LogP contribution < -0.4 is 0 Å². The monoisotopic (exact) mass is 432 g/mol. The number of carbonyl (C=O) groups excluding carboxylic acids is 2. The number of hydrogen-bond acceptors (Lipinski definition) is 4. The Labute approximate surface area is 183 Å². The third-order valence-corrected chi connectivity index (χ3v) is 11.3. The fraction of sp³-hybridized carbons (Fsp3) is 0.680. The van der Waals surface area contributed by atoms with Crippen LogP contribution in [0, 0.1) is 11.8 Å². The molecule has 0 radical (unpaired) electrons. The van der Waals surface area contributed by atoms with Crippen LogP contribution in [-0.4, -0.2) is 32.3 Å². The summed E-state index contributed by atoms with van der Waals surface area (Å²) in [6, 6.07) is 0. The quantitative estimate of drug-likeness (QED) is 0.137.